The summed E-state index contributed by atoms with van der Waals surface area (Å²) in [5.41, 5.74) is 0.476. The molecule has 1 nitrogen and oxygen atoms in total. The molecule has 0 aliphatic heterocycles. The van der Waals surface area contributed by atoms with Gasteiger partial charge in [0.05, 0.1) is 13.8 Å². The maximum atomic E-state index is 12.0. The Morgan fingerprint density at radius 2 is 2.00 bits per heavy atom. The van der Waals surface area contributed by atoms with Gasteiger partial charge >= 0.3 is 0 Å². The van der Waals surface area contributed by atoms with Crippen LogP contribution in [-0.2, 0) is 6.42 Å². The molecule has 1 heterocycles. The fourth-order valence-corrected chi connectivity index (χ4v) is 3.31. The number of rotatable bonds is 3. The van der Waals surface area contributed by atoms with Gasteiger partial charge in [-0.1, -0.05) is 29.3 Å². The van der Waals surface area contributed by atoms with Crippen LogP contribution in [0.15, 0.2) is 34.1 Å². The molecule has 0 saturated carbocycles. The highest BCUT2D eigenvalue weighted by atomic mass is 79.9. The van der Waals surface area contributed by atoms with Crippen LogP contribution in [0.4, 0.5) is 0 Å². The lowest BCUT2D eigenvalue weighted by atomic mass is 10.1. The van der Waals surface area contributed by atoms with Crippen LogP contribution in [0.5, 0.6) is 0 Å². The zero-order valence-corrected chi connectivity index (χ0v) is 12.5. The van der Waals surface area contributed by atoms with Gasteiger partial charge in [0, 0.05) is 16.9 Å². The second kappa shape index (κ2) is 5.53. The Labute approximate surface area is 121 Å². The summed E-state index contributed by atoms with van der Waals surface area (Å²) < 4.78 is 1.01. The minimum absolute atomic E-state index is 0.0214. The Hall–Kier alpha value is -0.350. The van der Waals surface area contributed by atoms with Crippen LogP contribution < -0.4 is 0 Å². The van der Waals surface area contributed by atoms with E-state index in [4.69, 9.17) is 23.2 Å². The van der Waals surface area contributed by atoms with E-state index in [0.29, 0.717) is 22.0 Å². The Morgan fingerprint density at radius 3 is 2.65 bits per heavy atom. The standard InChI is InChI=1S/C12H7BrCl2OS/c13-11-5-4-7(17-11)6-10(16)8-2-1-3-9(14)12(8)15/h1-5H,6H2. The summed E-state index contributed by atoms with van der Waals surface area (Å²) in [5.74, 6) is -0.0214. The summed E-state index contributed by atoms with van der Waals surface area (Å²) in [6.45, 7) is 0. The number of carbonyl (C=O) groups is 1. The zero-order valence-electron chi connectivity index (χ0n) is 8.54. The van der Waals surface area contributed by atoms with Crippen LogP contribution >= 0.6 is 50.5 Å². The molecule has 0 amide bonds. The normalized spacial score (nSPS) is 10.5. The lowest BCUT2D eigenvalue weighted by molar-refractivity contribution is 0.0994. The van der Waals surface area contributed by atoms with Crippen molar-refractivity contribution in [2.75, 3.05) is 0 Å². The summed E-state index contributed by atoms with van der Waals surface area (Å²) in [6, 6.07) is 8.94. The van der Waals surface area contributed by atoms with Crippen molar-refractivity contribution in [2.45, 2.75) is 6.42 Å². The van der Waals surface area contributed by atoms with Crippen molar-refractivity contribution in [1.29, 1.82) is 0 Å². The molecule has 2 aromatic rings. The predicted molar refractivity (Wildman–Crippen MR) is 76.5 cm³/mol. The lowest BCUT2D eigenvalue weighted by Gasteiger charge is -2.03. The molecule has 0 aliphatic carbocycles. The highest BCUT2D eigenvalue weighted by molar-refractivity contribution is 9.11. The van der Waals surface area contributed by atoms with Gasteiger partial charge in [-0.25, -0.2) is 0 Å². The van der Waals surface area contributed by atoms with Gasteiger partial charge in [0.2, 0.25) is 0 Å². The molecule has 0 N–H and O–H groups in total. The monoisotopic (exact) mass is 348 g/mol. The second-order valence-electron chi connectivity index (χ2n) is 3.41. The molecule has 0 atom stereocenters. The van der Waals surface area contributed by atoms with E-state index in [9.17, 15) is 4.79 Å². The van der Waals surface area contributed by atoms with Crippen molar-refractivity contribution in [1.82, 2.24) is 0 Å². The first-order valence-electron chi connectivity index (χ1n) is 4.79. The molecule has 88 valence electrons. The van der Waals surface area contributed by atoms with E-state index in [0.717, 1.165) is 8.66 Å². The summed E-state index contributed by atoms with van der Waals surface area (Å²) in [6.07, 6.45) is 0.344. The van der Waals surface area contributed by atoms with Crippen LogP contribution in [0.3, 0.4) is 0 Å². The first kappa shape index (κ1) is 13.1. The highest BCUT2D eigenvalue weighted by Gasteiger charge is 2.13. The molecule has 0 saturated heterocycles. The lowest BCUT2D eigenvalue weighted by Crippen LogP contribution is -2.03. The largest absolute Gasteiger partial charge is 0.294 e. The summed E-state index contributed by atoms with van der Waals surface area (Å²) in [7, 11) is 0. The first-order chi connectivity index (χ1) is 8.08. The molecule has 1 aromatic heterocycles. The highest BCUT2D eigenvalue weighted by Crippen LogP contribution is 2.28. The predicted octanol–water partition coefficient (Wildman–Crippen LogP) is 5.24. The molecule has 0 bridgehead atoms. The van der Waals surface area contributed by atoms with E-state index in [-0.39, 0.29) is 5.78 Å². The fraction of sp³-hybridized carbons (Fsp3) is 0.0833. The number of hydrogen-bond acceptors (Lipinski definition) is 2. The van der Waals surface area contributed by atoms with Gasteiger partial charge in [-0.05, 0) is 40.2 Å². The zero-order chi connectivity index (χ0) is 12.4. The topological polar surface area (TPSA) is 17.1 Å². The molecule has 0 radical (unpaired) electrons. The maximum Gasteiger partial charge on any atom is 0.169 e. The van der Waals surface area contributed by atoms with E-state index in [1.54, 1.807) is 29.5 Å². The molecular weight excluding hydrogens is 343 g/mol. The van der Waals surface area contributed by atoms with Gasteiger partial charge in [-0.2, -0.15) is 0 Å². The van der Waals surface area contributed by atoms with Crippen LogP contribution in [0, 0.1) is 0 Å². The van der Waals surface area contributed by atoms with E-state index in [1.165, 1.54) is 0 Å². The number of Topliss-reactive ketones (excluding diaryl/α,β-unsaturated/α-hetero) is 1. The quantitative estimate of drug-likeness (QED) is 0.692. The first-order valence-corrected chi connectivity index (χ1v) is 7.16. The molecule has 17 heavy (non-hydrogen) atoms. The number of thiophene rings is 1. The molecule has 1 aromatic carbocycles. The van der Waals surface area contributed by atoms with Gasteiger partial charge in [-0.3, -0.25) is 4.79 Å². The molecule has 0 fully saturated rings. The van der Waals surface area contributed by atoms with E-state index in [2.05, 4.69) is 15.9 Å². The minimum atomic E-state index is -0.0214. The van der Waals surface area contributed by atoms with Crippen molar-refractivity contribution in [3.8, 4) is 0 Å². The van der Waals surface area contributed by atoms with Crippen LogP contribution in [0.25, 0.3) is 0 Å². The van der Waals surface area contributed by atoms with Crippen molar-refractivity contribution < 1.29 is 4.79 Å². The smallest absolute Gasteiger partial charge is 0.169 e. The minimum Gasteiger partial charge on any atom is -0.294 e. The molecule has 2 rings (SSSR count). The molecule has 0 aliphatic rings. The summed E-state index contributed by atoms with van der Waals surface area (Å²) in [4.78, 5) is 13.0. The Bertz CT molecular complexity index is 565. The fourth-order valence-electron chi connectivity index (χ4n) is 1.42. The van der Waals surface area contributed by atoms with Crippen LogP contribution in [-0.4, -0.2) is 5.78 Å². The third kappa shape index (κ3) is 3.10. The molecule has 5 heteroatoms. The van der Waals surface area contributed by atoms with Gasteiger partial charge in [0.25, 0.3) is 0 Å². The Morgan fingerprint density at radius 1 is 1.24 bits per heavy atom. The third-order valence-corrected chi connectivity index (χ3v) is 4.66. The van der Waals surface area contributed by atoms with Gasteiger partial charge < -0.3 is 0 Å². The van der Waals surface area contributed by atoms with Crippen molar-refractivity contribution in [3.05, 3.63) is 54.6 Å². The van der Waals surface area contributed by atoms with E-state index >= 15 is 0 Å². The van der Waals surface area contributed by atoms with E-state index in [1.807, 2.05) is 12.1 Å². The Kier molecular flexibility index (Phi) is 4.26. The maximum absolute atomic E-state index is 12.0. The summed E-state index contributed by atoms with van der Waals surface area (Å²) in [5, 5.41) is 0.736. The number of benzene rings is 1. The second-order valence-corrected chi connectivity index (χ2v) is 6.74. The number of carbonyl (C=O) groups excluding carboxylic acids is 1. The van der Waals surface area contributed by atoms with Crippen molar-refractivity contribution in [2.24, 2.45) is 0 Å². The molecule has 0 spiro atoms. The number of halogens is 3. The number of ketones is 1. The van der Waals surface area contributed by atoms with Gasteiger partial charge in [0.15, 0.2) is 5.78 Å². The van der Waals surface area contributed by atoms with Crippen molar-refractivity contribution >= 4 is 56.3 Å². The number of hydrogen-bond donors (Lipinski definition) is 0. The molecular formula is C12H7BrCl2OS. The van der Waals surface area contributed by atoms with E-state index < -0.39 is 0 Å². The third-order valence-electron chi connectivity index (χ3n) is 2.22. The average molecular weight is 350 g/mol. The van der Waals surface area contributed by atoms with Gasteiger partial charge in [0.1, 0.15) is 0 Å². The van der Waals surface area contributed by atoms with Crippen molar-refractivity contribution in [3.63, 3.8) is 0 Å². The van der Waals surface area contributed by atoms with Crippen LogP contribution in [0.1, 0.15) is 15.2 Å². The SMILES string of the molecule is O=C(Cc1ccc(Br)s1)c1cccc(Cl)c1Cl. The summed E-state index contributed by atoms with van der Waals surface area (Å²) >= 11 is 16.8. The Balaban J connectivity index is 2.23. The van der Waals surface area contributed by atoms with Crippen LogP contribution in [0.2, 0.25) is 10.0 Å². The van der Waals surface area contributed by atoms with Gasteiger partial charge in [-0.15, -0.1) is 11.3 Å². The average Bonchev–Trinajstić information content (AvgIpc) is 2.68. The molecule has 0 unspecified atom stereocenters.